The van der Waals surface area contributed by atoms with Gasteiger partial charge < -0.3 is 15.4 Å². The topological polar surface area (TPSA) is 111 Å². The first-order chi connectivity index (χ1) is 12.9. The van der Waals surface area contributed by atoms with Crippen LogP contribution in [0.15, 0.2) is 42.5 Å². The first-order valence-corrected chi connectivity index (χ1v) is 8.12. The van der Waals surface area contributed by atoms with Crippen molar-refractivity contribution in [2.75, 3.05) is 25.0 Å². The van der Waals surface area contributed by atoms with Crippen LogP contribution < -0.4 is 10.6 Å². The summed E-state index contributed by atoms with van der Waals surface area (Å²) in [5.74, 6) is -1.94. The SMILES string of the molecule is O=C(COC(=O)c1ccc(F)cc1Cl)NCCNc1ccc([N+](=O)[O-])cc1. The molecule has 0 aromatic heterocycles. The van der Waals surface area contributed by atoms with Gasteiger partial charge >= 0.3 is 5.97 Å². The lowest BCUT2D eigenvalue weighted by Gasteiger charge is -2.09. The molecule has 0 heterocycles. The molecule has 0 spiro atoms. The third-order valence-corrected chi connectivity index (χ3v) is 3.65. The Morgan fingerprint density at radius 2 is 1.85 bits per heavy atom. The number of nitro groups is 1. The van der Waals surface area contributed by atoms with E-state index in [2.05, 4.69) is 10.6 Å². The quantitative estimate of drug-likeness (QED) is 0.308. The summed E-state index contributed by atoms with van der Waals surface area (Å²) in [7, 11) is 0. The average Bonchev–Trinajstić information content (AvgIpc) is 2.63. The van der Waals surface area contributed by atoms with E-state index in [-0.39, 0.29) is 22.8 Å². The number of rotatable bonds is 8. The Labute approximate surface area is 158 Å². The van der Waals surface area contributed by atoms with E-state index in [0.29, 0.717) is 12.2 Å². The number of nitrogens with zero attached hydrogens (tertiary/aromatic N) is 1. The fourth-order valence-corrected chi connectivity index (χ4v) is 2.27. The molecule has 0 bridgehead atoms. The van der Waals surface area contributed by atoms with E-state index < -0.39 is 29.2 Å². The van der Waals surface area contributed by atoms with E-state index in [1.165, 1.54) is 18.2 Å². The van der Waals surface area contributed by atoms with Crippen LogP contribution in [0.25, 0.3) is 0 Å². The number of benzene rings is 2. The Balaban J connectivity index is 1.68. The lowest BCUT2D eigenvalue weighted by molar-refractivity contribution is -0.384. The molecule has 0 saturated heterocycles. The maximum Gasteiger partial charge on any atom is 0.340 e. The maximum atomic E-state index is 12.9. The van der Waals surface area contributed by atoms with Crippen LogP contribution in [-0.4, -0.2) is 36.5 Å². The van der Waals surface area contributed by atoms with Crippen LogP contribution in [0.1, 0.15) is 10.4 Å². The zero-order valence-corrected chi connectivity index (χ0v) is 14.7. The van der Waals surface area contributed by atoms with E-state index >= 15 is 0 Å². The van der Waals surface area contributed by atoms with Crippen LogP contribution in [0, 0.1) is 15.9 Å². The predicted octanol–water partition coefficient (Wildman–Crippen LogP) is 2.77. The summed E-state index contributed by atoms with van der Waals surface area (Å²) in [6.07, 6.45) is 0. The van der Waals surface area contributed by atoms with Crippen LogP contribution in [-0.2, 0) is 9.53 Å². The van der Waals surface area contributed by atoms with Gasteiger partial charge in [0.05, 0.1) is 15.5 Å². The number of amides is 1. The van der Waals surface area contributed by atoms with Crippen molar-refractivity contribution < 1.29 is 23.6 Å². The van der Waals surface area contributed by atoms with Crippen LogP contribution >= 0.6 is 11.6 Å². The average molecular weight is 396 g/mol. The molecule has 0 aliphatic heterocycles. The van der Waals surface area contributed by atoms with Gasteiger partial charge in [-0.3, -0.25) is 14.9 Å². The minimum Gasteiger partial charge on any atom is -0.452 e. The number of nitro benzene ring substituents is 1. The Hall–Kier alpha value is -3.20. The highest BCUT2D eigenvalue weighted by molar-refractivity contribution is 6.33. The van der Waals surface area contributed by atoms with Gasteiger partial charge in [0.25, 0.3) is 11.6 Å². The number of hydrogen-bond acceptors (Lipinski definition) is 6. The van der Waals surface area contributed by atoms with E-state index in [1.807, 2.05) is 0 Å². The van der Waals surface area contributed by atoms with Crippen molar-refractivity contribution in [2.45, 2.75) is 0 Å². The highest BCUT2D eigenvalue weighted by atomic mass is 35.5. The molecule has 8 nitrogen and oxygen atoms in total. The Kier molecular flexibility index (Phi) is 7.07. The van der Waals surface area contributed by atoms with Crippen molar-refractivity contribution in [2.24, 2.45) is 0 Å². The van der Waals surface area contributed by atoms with Gasteiger partial charge in [0, 0.05) is 30.9 Å². The summed E-state index contributed by atoms with van der Waals surface area (Å²) in [4.78, 5) is 33.5. The number of non-ortho nitro benzene ring substituents is 1. The number of carbonyl (C=O) groups excluding carboxylic acids is 2. The normalized spacial score (nSPS) is 10.1. The van der Waals surface area contributed by atoms with Crippen LogP contribution in [0.2, 0.25) is 5.02 Å². The van der Waals surface area contributed by atoms with Gasteiger partial charge in [-0.15, -0.1) is 0 Å². The van der Waals surface area contributed by atoms with E-state index in [9.17, 15) is 24.1 Å². The predicted molar refractivity (Wildman–Crippen MR) is 96.3 cm³/mol. The summed E-state index contributed by atoms with van der Waals surface area (Å²) in [5, 5.41) is 16.0. The number of halogens is 2. The zero-order chi connectivity index (χ0) is 19.8. The fraction of sp³-hybridized carbons (Fsp3) is 0.176. The van der Waals surface area contributed by atoms with Gasteiger partial charge in [0.15, 0.2) is 6.61 Å². The smallest absolute Gasteiger partial charge is 0.340 e. The summed E-state index contributed by atoms with van der Waals surface area (Å²) in [6.45, 7) is 0.0933. The van der Waals surface area contributed by atoms with E-state index in [4.69, 9.17) is 16.3 Å². The monoisotopic (exact) mass is 395 g/mol. The Morgan fingerprint density at radius 1 is 1.15 bits per heavy atom. The van der Waals surface area contributed by atoms with Gasteiger partial charge in [-0.05, 0) is 30.3 Å². The van der Waals surface area contributed by atoms with Gasteiger partial charge in [-0.1, -0.05) is 11.6 Å². The summed E-state index contributed by atoms with van der Waals surface area (Å²) < 4.78 is 17.8. The number of anilines is 1. The summed E-state index contributed by atoms with van der Waals surface area (Å²) in [6, 6.07) is 9.03. The standard InChI is InChI=1S/C17H15ClFN3O5/c18-15-9-11(19)1-6-14(15)17(24)27-10-16(23)21-8-7-20-12-2-4-13(5-3-12)22(25)26/h1-6,9,20H,7-8,10H2,(H,21,23). The first-order valence-electron chi connectivity index (χ1n) is 7.74. The van der Waals surface area contributed by atoms with E-state index in [0.717, 1.165) is 12.1 Å². The molecule has 142 valence electrons. The molecule has 0 aliphatic carbocycles. The number of ether oxygens (including phenoxy) is 1. The molecule has 2 rings (SSSR count). The van der Waals surface area contributed by atoms with Crippen molar-refractivity contribution in [3.63, 3.8) is 0 Å². The summed E-state index contributed by atoms with van der Waals surface area (Å²) in [5.41, 5.74) is 0.606. The Morgan fingerprint density at radius 3 is 2.48 bits per heavy atom. The minimum absolute atomic E-state index is 0.0167. The lowest BCUT2D eigenvalue weighted by atomic mass is 10.2. The molecule has 0 fully saturated rings. The number of nitrogens with one attached hydrogen (secondary N) is 2. The van der Waals surface area contributed by atoms with Crippen LogP contribution in [0.3, 0.4) is 0 Å². The number of esters is 1. The van der Waals surface area contributed by atoms with Gasteiger partial charge in [-0.25, -0.2) is 9.18 Å². The zero-order valence-electron chi connectivity index (χ0n) is 13.9. The van der Waals surface area contributed by atoms with E-state index in [1.54, 1.807) is 12.1 Å². The molecule has 10 heteroatoms. The molecule has 2 aromatic carbocycles. The van der Waals surface area contributed by atoms with Crippen LogP contribution in [0.5, 0.6) is 0 Å². The third-order valence-electron chi connectivity index (χ3n) is 3.34. The van der Waals surface area contributed by atoms with Gasteiger partial charge in [0.1, 0.15) is 5.82 Å². The highest BCUT2D eigenvalue weighted by Gasteiger charge is 2.14. The molecular formula is C17H15ClFN3O5. The molecule has 0 saturated carbocycles. The van der Waals surface area contributed by atoms with Crippen molar-refractivity contribution in [3.05, 3.63) is 69.0 Å². The maximum absolute atomic E-state index is 12.9. The minimum atomic E-state index is -0.834. The number of hydrogen-bond donors (Lipinski definition) is 2. The van der Waals surface area contributed by atoms with Gasteiger partial charge in [-0.2, -0.15) is 0 Å². The van der Waals surface area contributed by atoms with Crippen LogP contribution in [0.4, 0.5) is 15.8 Å². The molecule has 2 aromatic rings. The molecule has 0 unspecified atom stereocenters. The highest BCUT2D eigenvalue weighted by Crippen LogP contribution is 2.18. The second-order valence-electron chi connectivity index (χ2n) is 5.28. The second kappa shape index (κ2) is 9.48. The van der Waals surface area contributed by atoms with Crippen molar-refractivity contribution in [1.29, 1.82) is 0 Å². The first kappa shape index (κ1) is 20.1. The molecule has 1 amide bonds. The third kappa shape index (κ3) is 6.23. The molecular weight excluding hydrogens is 381 g/mol. The number of carbonyl (C=O) groups is 2. The summed E-state index contributed by atoms with van der Waals surface area (Å²) >= 11 is 5.74. The van der Waals surface area contributed by atoms with Crippen molar-refractivity contribution in [3.8, 4) is 0 Å². The molecule has 27 heavy (non-hydrogen) atoms. The fourth-order valence-electron chi connectivity index (χ4n) is 2.02. The molecule has 0 atom stereocenters. The Bertz CT molecular complexity index is 845. The molecule has 0 radical (unpaired) electrons. The lowest BCUT2D eigenvalue weighted by Crippen LogP contribution is -2.32. The van der Waals surface area contributed by atoms with Crippen molar-refractivity contribution in [1.82, 2.24) is 5.32 Å². The molecule has 2 N–H and O–H groups in total. The second-order valence-corrected chi connectivity index (χ2v) is 5.69. The van der Waals surface area contributed by atoms with Gasteiger partial charge in [0.2, 0.25) is 0 Å². The van der Waals surface area contributed by atoms with Crippen molar-refractivity contribution >= 4 is 34.9 Å². The largest absolute Gasteiger partial charge is 0.452 e. The molecule has 0 aliphatic rings.